The molecule has 0 aromatic heterocycles. The van der Waals surface area contributed by atoms with Crippen molar-refractivity contribution in [1.29, 1.82) is 0 Å². The van der Waals surface area contributed by atoms with Gasteiger partial charge in [-0.25, -0.2) is 8.78 Å². The fraction of sp³-hybridized carbons (Fsp3) is 0.533. The topological polar surface area (TPSA) is 29.1 Å². The SMILES string of the molecule is CNC(=O)C(CCc1cc(F)cc(F)c1)CC(C)C. The number of hydrogen-bond donors (Lipinski definition) is 1. The van der Waals surface area contributed by atoms with E-state index in [1.807, 2.05) is 0 Å². The van der Waals surface area contributed by atoms with E-state index in [4.69, 9.17) is 0 Å². The maximum atomic E-state index is 13.1. The van der Waals surface area contributed by atoms with Crippen molar-refractivity contribution in [2.45, 2.75) is 33.1 Å². The van der Waals surface area contributed by atoms with Crippen molar-refractivity contribution < 1.29 is 13.6 Å². The second-order valence-corrected chi connectivity index (χ2v) is 5.26. The van der Waals surface area contributed by atoms with E-state index < -0.39 is 11.6 Å². The van der Waals surface area contributed by atoms with Crippen molar-refractivity contribution in [2.24, 2.45) is 11.8 Å². The molecular formula is C15H21F2NO. The zero-order valence-electron chi connectivity index (χ0n) is 11.7. The Morgan fingerprint density at radius 1 is 1.21 bits per heavy atom. The van der Waals surface area contributed by atoms with Crippen LogP contribution < -0.4 is 5.32 Å². The van der Waals surface area contributed by atoms with Crippen LogP contribution in [-0.4, -0.2) is 13.0 Å². The number of halogens is 2. The Labute approximate surface area is 113 Å². The van der Waals surface area contributed by atoms with Crippen LogP contribution in [0.3, 0.4) is 0 Å². The molecule has 1 rings (SSSR count). The summed E-state index contributed by atoms with van der Waals surface area (Å²) in [5, 5.41) is 2.64. The van der Waals surface area contributed by atoms with Crippen LogP contribution >= 0.6 is 0 Å². The monoisotopic (exact) mass is 269 g/mol. The fourth-order valence-electron chi connectivity index (χ4n) is 2.23. The Morgan fingerprint density at radius 3 is 2.26 bits per heavy atom. The molecule has 1 amide bonds. The molecule has 0 aliphatic rings. The Kier molecular flexibility index (Phi) is 5.93. The Hall–Kier alpha value is -1.45. The normalized spacial score (nSPS) is 12.5. The van der Waals surface area contributed by atoms with E-state index in [1.165, 1.54) is 12.1 Å². The Morgan fingerprint density at radius 2 is 1.79 bits per heavy atom. The smallest absolute Gasteiger partial charge is 0.222 e. The van der Waals surface area contributed by atoms with E-state index in [0.717, 1.165) is 12.5 Å². The molecule has 4 heteroatoms. The summed E-state index contributed by atoms with van der Waals surface area (Å²) in [5.74, 6) is -0.862. The maximum absolute atomic E-state index is 13.1. The molecule has 1 aromatic carbocycles. The van der Waals surface area contributed by atoms with Gasteiger partial charge in [-0.15, -0.1) is 0 Å². The Balaban J connectivity index is 2.67. The van der Waals surface area contributed by atoms with Gasteiger partial charge in [0.1, 0.15) is 11.6 Å². The highest BCUT2D eigenvalue weighted by Crippen LogP contribution is 2.19. The molecule has 2 nitrogen and oxygen atoms in total. The third-order valence-corrected chi connectivity index (χ3v) is 3.08. The van der Waals surface area contributed by atoms with Gasteiger partial charge in [-0.05, 0) is 42.9 Å². The van der Waals surface area contributed by atoms with Crippen molar-refractivity contribution in [3.8, 4) is 0 Å². The minimum Gasteiger partial charge on any atom is -0.359 e. The van der Waals surface area contributed by atoms with Crippen LogP contribution in [0.15, 0.2) is 18.2 Å². The van der Waals surface area contributed by atoms with Gasteiger partial charge in [-0.3, -0.25) is 4.79 Å². The van der Waals surface area contributed by atoms with Gasteiger partial charge in [0.05, 0.1) is 0 Å². The van der Waals surface area contributed by atoms with Gasteiger partial charge in [-0.2, -0.15) is 0 Å². The summed E-state index contributed by atoms with van der Waals surface area (Å²) in [6.07, 6.45) is 1.87. The molecule has 0 aliphatic carbocycles. The zero-order chi connectivity index (χ0) is 14.4. The first-order valence-electron chi connectivity index (χ1n) is 6.59. The third kappa shape index (κ3) is 5.37. The highest BCUT2D eigenvalue weighted by atomic mass is 19.1. The van der Waals surface area contributed by atoms with E-state index >= 15 is 0 Å². The second-order valence-electron chi connectivity index (χ2n) is 5.26. The quantitative estimate of drug-likeness (QED) is 0.843. The molecule has 1 unspecified atom stereocenters. The van der Waals surface area contributed by atoms with E-state index in [1.54, 1.807) is 7.05 Å². The van der Waals surface area contributed by atoms with E-state index in [9.17, 15) is 13.6 Å². The van der Waals surface area contributed by atoms with Crippen molar-refractivity contribution in [3.05, 3.63) is 35.4 Å². The molecule has 106 valence electrons. The number of aryl methyl sites for hydroxylation is 1. The number of carbonyl (C=O) groups is 1. The molecule has 1 aromatic rings. The molecule has 0 radical (unpaired) electrons. The molecule has 0 saturated carbocycles. The van der Waals surface area contributed by atoms with Crippen LogP contribution in [0.5, 0.6) is 0 Å². The van der Waals surface area contributed by atoms with Gasteiger partial charge in [0.25, 0.3) is 0 Å². The molecule has 0 saturated heterocycles. The molecule has 0 spiro atoms. The molecule has 0 aliphatic heterocycles. The Bertz CT molecular complexity index is 412. The average molecular weight is 269 g/mol. The largest absolute Gasteiger partial charge is 0.359 e. The minimum atomic E-state index is -0.574. The summed E-state index contributed by atoms with van der Waals surface area (Å²) in [6, 6.07) is 3.49. The van der Waals surface area contributed by atoms with Crippen molar-refractivity contribution in [3.63, 3.8) is 0 Å². The molecular weight excluding hydrogens is 248 g/mol. The van der Waals surface area contributed by atoms with Crippen LogP contribution in [0, 0.1) is 23.5 Å². The lowest BCUT2D eigenvalue weighted by Crippen LogP contribution is -2.28. The lowest BCUT2D eigenvalue weighted by molar-refractivity contribution is -0.125. The fourth-order valence-corrected chi connectivity index (χ4v) is 2.23. The standard InChI is InChI=1S/C15H21F2NO/c1-10(2)6-12(15(19)18-3)5-4-11-7-13(16)9-14(17)8-11/h7-10,12H,4-6H2,1-3H3,(H,18,19). The number of nitrogens with one attached hydrogen (secondary N) is 1. The molecule has 0 bridgehead atoms. The lowest BCUT2D eigenvalue weighted by Gasteiger charge is -2.17. The van der Waals surface area contributed by atoms with Gasteiger partial charge in [-0.1, -0.05) is 13.8 Å². The van der Waals surface area contributed by atoms with Crippen LogP contribution in [-0.2, 0) is 11.2 Å². The number of rotatable bonds is 6. The molecule has 1 atom stereocenters. The van der Waals surface area contributed by atoms with Crippen molar-refractivity contribution in [2.75, 3.05) is 7.05 Å². The van der Waals surface area contributed by atoms with Crippen molar-refractivity contribution in [1.82, 2.24) is 5.32 Å². The predicted octanol–water partition coefficient (Wildman–Crippen LogP) is 3.31. The van der Waals surface area contributed by atoms with Gasteiger partial charge < -0.3 is 5.32 Å². The summed E-state index contributed by atoms with van der Waals surface area (Å²) in [4.78, 5) is 11.7. The molecule has 19 heavy (non-hydrogen) atoms. The van der Waals surface area contributed by atoms with Crippen LogP contribution in [0.4, 0.5) is 8.78 Å². The number of benzene rings is 1. The first-order valence-corrected chi connectivity index (χ1v) is 6.59. The highest BCUT2D eigenvalue weighted by molar-refractivity contribution is 5.78. The number of amides is 1. The van der Waals surface area contributed by atoms with Crippen LogP contribution in [0.1, 0.15) is 32.3 Å². The van der Waals surface area contributed by atoms with Crippen LogP contribution in [0.2, 0.25) is 0 Å². The maximum Gasteiger partial charge on any atom is 0.222 e. The van der Waals surface area contributed by atoms with Crippen molar-refractivity contribution >= 4 is 5.91 Å². The summed E-state index contributed by atoms with van der Waals surface area (Å²) in [5.41, 5.74) is 0.593. The molecule has 0 fully saturated rings. The highest BCUT2D eigenvalue weighted by Gasteiger charge is 2.18. The second kappa shape index (κ2) is 7.22. The zero-order valence-corrected chi connectivity index (χ0v) is 11.7. The van der Waals surface area contributed by atoms with Gasteiger partial charge in [0.2, 0.25) is 5.91 Å². The number of hydrogen-bond acceptors (Lipinski definition) is 1. The lowest BCUT2D eigenvalue weighted by atomic mass is 9.90. The van der Waals surface area contributed by atoms with Gasteiger partial charge in [0, 0.05) is 19.0 Å². The number of carbonyl (C=O) groups excluding carboxylic acids is 1. The first-order chi connectivity index (χ1) is 8.92. The summed E-state index contributed by atoms with van der Waals surface area (Å²) < 4.78 is 26.1. The van der Waals surface area contributed by atoms with E-state index in [-0.39, 0.29) is 11.8 Å². The summed E-state index contributed by atoms with van der Waals surface area (Å²) >= 11 is 0. The van der Waals surface area contributed by atoms with E-state index in [2.05, 4.69) is 19.2 Å². The first kappa shape index (κ1) is 15.6. The summed E-state index contributed by atoms with van der Waals surface area (Å²) in [7, 11) is 1.61. The molecule has 0 heterocycles. The third-order valence-electron chi connectivity index (χ3n) is 3.08. The summed E-state index contributed by atoms with van der Waals surface area (Å²) in [6.45, 7) is 4.11. The van der Waals surface area contributed by atoms with E-state index in [0.29, 0.717) is 24.3 Å². The predicted molar refractivity (Wildman–Crippen MR) is 71.7 cm³/mol. The van der Waals surface area contributed by atoms with Gasteiger partial charge in [0.15, 0.2) is 0 Å². The average Bonchev–Trinajstić information content (AvgIpc) is 2.31. The van der Waals surface area contributed by atoms with Crippen LogP contribution in [0.25, 0.3) is 0 Å². The molecule has 1 N–H and O–H groups in total. The van der Waals surface area contributed by atoms with Gasteiger partial charge >= 0.3 is 0 Å². The minimum absolute atomic E-state index is 0.00873.